The van der Waals surface area contributed by atoms with Crippen molar-refractivity contribution in [2.45, 2.75) is 0 Å². The number of hydrogen-bond acceptors (Lipinski definition) is 3. The SMILES string of the molecule is OB(O)c1ccc2ccc(N(c3ccccc3)c3ccc(-c4ccc5ccccc5c4)cc3)cc2c1. The van der Waals surface area contributed by atoms with Crippen LogP contribution in [0.3, 0.4) is 0 Å². The highest BCUT2D eigenvalue weighted by atomic mass is 16.4. The molecule has 6 aromatic rings. The summed E-state index contributed by atoms with van der Waals surface area (Å²) in [4.78, 5) is 2.21. The number of anilines is 3. The molecule has 0 aliphatic carbocycles. The number of fused-ring (bicyclic) bond motifs is 2. The Hall–Kier alpha value is -4.38. The first kappa shape index (κ1) is 22.1. The van der Waals surface area contributed by atoms with Crippen molar-refractivity contribution < 1.29 is 10.0 Å². The molecule has 0 saturated heterocycles. The lowest BCUT2D eigenvalue weighted by atomic mass is 9.79. The molecule has 0 bridgehead atoms. The Bertz CT molecular complexity index is 1660. The average Bonchev–Trinajstić information content (AvgIpc) is 2.93. The third-order valence-corrected chi connectivity index (χ3v) is 6.63. The Morgan fingerprint density at radius 2 is 1.00 bits per heavy atom. The molecule has 0 heterocycles. The molecule has 6 rings (SSSR count). The minimum atomic E-state index is -1.49. The predicted octanol–water partition coefficient (Wildman–Crippen LogP) is 6.81. The maximum Gasteiger partial charge on any atom is 0.488 e. The third kappa shape index (κ3) is 4.24. The van der Waals surface area contributed by atoms with Gasteiger partial charge in [-0.25, -0.2) is 0 Å². The van der Waals surface area contributed by atoms with E-state index in [1.165, 1.54) is 16.3 Å². The van der Waals surface area contributed by atoms with Crippen LogP contribution in [0.4, 0.5) is 17.1 Å². The van der Waals surface area contributed by atoms with Crippen LogP contribution in [-0.4, -0.2) is 17.2 Å². The van der Waals surface area contributed by atoms with Gasteiger partial charge in [0.2, 0.25) is 0 Å². The third-order valence-electron chi connectivity index (χ3n) is 6.63. The van der Waals surface area contributed by atoms with Crippen LogP contribution < -0.4 is 10.4 Å². The lowest BCUT2D eigenvalue weighted by molar-refractivity contribution is 0.426. The molecule has 0 aromatic heterocycles. The van der Waals surface area contributed by atoms with Gasteiger partial charge in [-0.3, -0.25) is 0 Å². The Labute approximate surface area is 210 Å². The molecule has 0 amide bonds. The normalized spacial score (nSPS) is 11.1. The van der Waals surface area contributed by atoms with E-state index in [4.69, 9.17) is 0 Å². The minimum absolute atomic E-state index is 0.477. The highest BCUT2D eigenvalue weighted by Gasteiger charge is 2.15. The van der Waals surface area contributed by atoms with Crippen LogP contribution in [0.5, 0.6) is 0 Å². The van der Waals surface area contributed by atoms with Gasteiger partial charge in [-0.2, -0.15) is 0 Å². The fourth-order valence-electron chi connectivity index (χ4n) is 4.75. The van der Waals surface area contributed by atoms with Gasteiger partial charge in [0.05, 0.1) is 0 Å². The summed E-state index contributed by atoms with van der Waals surface area (Å²) in [5, 5.41) is 23.7. The number of para-hydroxylation sites is 1. The number of hydrogen-bond donors (Lipinski definition) is 2. The Kier molecular flexibility index (Phi) is 5.74. The summed E-state index contributed by atoms with van der Waals surface area (Å²) in [6, 6.07) is 45.6. The van der Waals surface area contributed by atoms with Crippen LogP contribution in [0.25, 0.3) is 32.7 Å². The van der Waals surface area contributed by atoms with Crippen LogP contribution in [0.1, 0.15) is 0 Å². The molecule has 3 nitrogen and oxygen atoms in total. The van der Waals surface area contributed by atoms with E-state index < -0.39 is 7.12 Å². The van der Waals surface area contributed by atoms with Gasteiger partial charge in [0, 0.05) is 17.1 Å². The molecule has 0 fully saturated rings. The lowest BCUT2D eigenvalue weighted by Gasteiger charge is -2.26. The summed E-state index contributed by atoms with van der Waals surface area (Å²) in [6.07, 6.45) is 0. The van der Waals surface area contributed by atoms with Gasteiger partial charge in [0.1, 0.15) is 0 Å². The monoisotopic (exact) mass is 465 g/mol. The quantitative estimate of drug-likeness (QED) is 0.275. The molecule has 0 atom stereocenters. The molecule has 36 heavy (non-hydrogen) atoms. The topological polar surface area (TPSA) is 43.7 Å². The molecule has 0 unspecified atom stereocenters. The first-order valence-corrected chi connectivity index (χ1v) is 12.0. The van der Waals surface area contributed by atoms with Crippen molar-refractivity contribution >= 4 is 51.2 Å². The minimum Gasteiger partial charge on any atom is -0.423 e. The lowest BCUT2D eigenvalue weighted by Crippen LogP contribution is -2.29. The van der Waals surface area contributed by atoms with Gasteiger partial charge in [0.25, 0.3) is 0 Å². The fraction of sp³-hybridized carbons (Fsp3) is 0. The van der Waals surface area contributed by atoms with Crippen molar-refractivity contribution in [1.82, 2.24) is 0 Å². The number of benzene rings is 6. The Balaban J connectivity index is 1.42. The summed E-state index contributed by atoms with van der Waals surface area (Å²) in [6.45, 7) is 0. The van der Waals surface area contributed by atoms with Crippen LogP contribution in [0.2, 0.25) is 0 Å². The first-order chi connectivity index (χ1) is 17.7. The van der Waals surface area contributed by atoms with E-state index in [2.05, 4.69) is 102 Å². The highest BCUT2D eigenvalue weighted by Crippen LogP contribution is 2.37. The van der Waals surface area contributed by atoms with E-state index in [9.17, 15) is 10.0 Å². The standard InChI is InChI=1S/C32H24BNO2/c35-33(36)29-16-12-25-15-19-32(22-28(25)21-29)34(30-8-2-1-3-9-30)31-17-13-24(14-18-31)27-11-10-23-6-4-5-7-26(23)20-27/h1-22,35-36H. The van der Waals surface area contributed by atoms with Crippen molar-refractivity contribution in [3.05, 3.63) is 133 Å². The molecule has 0 radical (unpaired) electrons. The van der Waals surface area contributed by atoms with Crippen molar-refractivity contribution in [2.75, 3.05) is 4.90 Å². The zero-order valence-electron chi connectivity index (χ0n) is 19.6. The summed E-state index contributed by atoms with van der Waals surface area (Å²) in [5.41, 5.74) is 5.92. The fourth-order valence-corrected chi connectivity index (χ4v) is 4.75. The van der Waals surface area contributed by atoms with Crippen LogP contribution in [0, 0.1) is 0 Å². The van der Waals surface area contributed by atoms with Crippen LogP contribution in [0.15, 0.2) is 133 Å². The van der Waals surface area contributed by atoms with Gasteiger partial charge in [-0.05, 0) is 80.6 Å². The van der Waals surface area contributed by atoms with Crippen molar-refractivity contribution in [2.24, 2.45) is 0 Å². The largest absolute Gasteiger partial charge is 0.488 e. The summed E-state index contributed by atoms with van der Waals surface area (Å²) < 4.78 is 0. The van der Waals surface area contributed by atoms with Gasteiger partial charge in [-0.15, -0.1) is 0 Å². The Morgan fingerprint density at radius 1 is 0.417 bits per heavy atom. The number of nitrogens with zero attached hydrogens (tertiary/aromatic N) is 1. The van der Waals surface area contributed by atoms with Crippen molar-refractivity contribution in [3.8, 4) is 11.1 Å². The van der Waals surface area contributed by atoms with E-state index in [1.54, 1.807) is 6.07 Å². The molecular formula is C32H24BNO2. The second kappa shape index (κ2) is 9.35. The zero-order valence-corrected chi connectivity index (χ0v) is 19.6. The maximum atomic E-state index is 9.64. The van der Waals surface area contributed by atoms with Crippen molar-refractivity contribution in [1.29, 1.82) is 0 Å². The van der Waals surface area contributed by atoms with Crippen LogP contribution >= 0.6 is 0 Å². The average molecular weight is 465 g/mol. The van der Waals surface area contributed by atoms with Gasteiger partial charge in [0.15, 0.2) is 0 Å². The van der Waals surface area contributed by atoms with E-state index in [0.29, 0.717) is 5.46 Å². The smallest absolute Gasteiger partial charge is 0.423 e. The number of rotatable bonds is 5. The highest BCUT2D eigenvalue weighted by molar-refractivity contribution is 6.58. The molecular weight excluding hydrogens is 441 g/mol. The molecule has 0 aliphatic rings. The molecule has 6 aromatic carbocycles. The summed E-state index contributed by atoms with van der Waals surface area (Å²) in [7, 11) is -1.49. The Morgan fingerprint density at radius 3 is 1.78 bits per heavy atom. The molecule has 172 valence electrons. The van der Waals surface area contributed by atoms with E-state index in [-0.39, 0.29) is 0 Å². The molecule has 2 N–H and O–H groups in total. The second-order valence-corrected chi connectivity index (χ2v) is 8.94. The maximum absolute atomic E-state index is 9.64. The molecule has 0 aliphatic heterocycles. The van der Waals surface area contributed by atoms with E-state index in [0.717, 1.165) is 33.4 Å². The van der Waals surface area contributed by atoms with E-state index in [1.807, 2.05) is 30.3 Å². The second-order valence-electron chi connectivity index (χ2n) is 8.94. The van der Waals surface area contributed by atoms with Gasteiger partial charge < -0.3 is 14.9 Å². The van der Waals surface area contributed by atoms with Crippen LogP contribution in [-0.2, 0) is 0 Å². The predicted molar refractivity (Wildman–Crippen MR) is 151 cm³/mol. The zero-order chi connectivity index (χ0) is 24.5. The first-order valence-electron chi connectivity index (χ1n) is 12.0. The summed E-state index contributed by atoms with van der Waals surface area (Å²) in [5.74, 6) is 0. The van der Waals surface area contributed by atoms with Crippen molar-refractivity contribution in [3.63, 3.8) is 0 Å². The van der Waals surface area contributed by atoms with Gasteiger partial charge >= 0.3 is 7.12 Å². The summed E-state index contributed by atoms with van der Waals surface area (Å²) >= 11 is 0. The molecule has 0 spiro atoms. The van der Waals surface area contributed by atoms with E-state index >= 15 is 0 Å². The molecule has 4 heteroatoms. The van der Waals surface area contributed by atoms with Gasteiger partial charge in [-0.1, -0.05) is 91.0 Å². The molecule has 0 saturated carbocycles.